The molecular weight excluding hydrogens is 258 g/mol. The lowest BCUT2D eigenvalue weighted by Gasteiger charge is -2.36. The second-order valence-corrected chi connectivity index (χ2v) is 6.92. The van der Waals surface area contributed by atoms with Gasteiger partial charge in [0, 0.05) is 12.6 Å². The van der Waals surface area contributed by atoms with Gasteiger partial charge in [0.1, 0.15) is 0 Å². The van der Waals surface area contributed by atoms with Gasteiger partial charge in [-0.05, 0) is 38.2 Å². The van der Waals surface area contributed by atoms with Crippen LogP contribution in [-0.4, -0.2) is 18.2 Å². The maximum atomic E-state index is 6.66. The van der Waals surface area contributed by atoms with Gasteiger partial charge in [0.15, 0.2) is 0 Å². The molecule has 1 unspecified atom stereocenters. The van der Waals surface area contributed by atoms with E-state index in [0.29, 0.717) is 0 Å². The Balaban J connectivity index is 1.67. The fourth-order valence-electron chi connectivity index (χ4n) is 3.49. The van der Waals surface area contributed by atoms with Crippen molar-refractivity contribution in [3.8, 4) is 0 Å². The van der Waals surface area contributed by atoms with Crippen LogP contribution in [0.15, 0.2) is 30.3 Å². The van der Waals surface area contributed by atoms with Crippen LogP contribution < -0.4 is 5.32 Å². The van der Waals surface area contributed by atoms with E-state index in [0.717, 1.165) is 12.6 Å². The standard InChI is InChI=1S/C19H29NO/c1-16(17-9-5-4-6-10-17)21-19(15-20-18-11-12-18)13-7-2-3-8-14-19/h4-6,9-10,16,18,20H,2-3,7-8,11-15H2,1H3. The van der Waals surface area contributed by atoms with Gasteiger partial charge in [-0.1, -0.05) is 56.0 Å². The Hall–Kier alpha value is -0.860. The molecule has 2 heteroatoms. The second-order valence-electron chi connectivity index (χ2n) is 6.92. The monoisotopic (exact) mass is 287 g/mol. The maximum absolute atomic E-state index is 6.66. The van der Waals surface area contributed by atoms with Gasteiger partial charge in [0.2, 0.25) is 0 Å². The number of ether oxygens (including phenoxy) is 1. The van der Waals surface area contributed by atoms with Crippen LogP contribution in [0.2, 0.25) is 0 Å². The third kappa shape index (κ3) is 4.31. The van der Waals surface area contributed by atoms with E-state index in [9.17, 15) is 0 Å². The largest absolute Gasteiger partial charge is 0.366 e. The van der Waals surface area contributed by atoms with E-state index < -0.39 is 0 Å². The summed E-state index contributed by atoms with van der Waals surface area (Å²) in [5.74, 6) is 0. The Kier molecular flexibility index (Phi) is 4.97. The molecule has 0 radical (unpaired) electrons. The summed E-state index contributed by atoms with van der Waals surface area (Å²) < 4.78 is 6.66. The summed E-state index contributed by atoms with van der Waals surface area (Å²) >= 11 is 0. The predicted octanol–water partition coefficient (Wildman–Crippen LogP) is 4.61. The molecule has 0 bridgehead atoms. The Bertz CT molecular complexity index is 418. The first-order valence-corrected chi connectivity index (χ1v) is 8.74. The molecule has 1 N–H and O–H groups in total. The minimum absolute atomic E-state index is 0.0499. The number of hydrogen-bond acceptors (Lipinski definition) is 2. The average Bonchev–Trinajstić information content (AvgIpc) is 3.34. The molecule has 1 aromatic carbocycles. The van der Waals surface area contributed by atoms with E-state index in [4.69, 9.17) is 4.74 Å². The maximum Gasteiger partial charge on any atom is 0.0814 e. The molecular formula is C19H29NO. The van der Waals surface area contributed by atoms with Gasteiger partial charge in [-0.3, -0.25) is 0 Å². The topological polar surface area (TPSA) is 21.3 Å². The summed E-state index contributed by atoms with van der Waals surface area (Å²) in [5, 5.41) is 3.73. The smallest absolute Gasteiger partial charge is 0.0814 e. The molecule has 116 valence electrons. The summed E-state index contributed by atoms with van der Waals surface area (Å²) in [6.45, 7) is 3.24. The van der Waals surface area contributed by atoms with Crippen LogP contribution in [0.25, 0.3) is 0 Å². The van der Waals surface area contributed by atoms with E-state index in [1.54, 1.807) is 0 Å². The van der Waals surface area contributed by atoms with Crippen molar-refractivity contribution in [1.82, 2.24) is 5.32 Å². The van der Waals surface area contributed by atoms with Gasteiger partial charge in [0.25, 0.3) is 0 Å². The molecule has 0 aliphatic heterocycles. The van der Waals surface area contributed by atoms with Crippen LogP contribution in [0.1, 0.15) is 70.0 Å². The minimum Gasteiger partial charge on any atom is -0.366 e. The lowest BCUT2D eigenvalue weighted by Crippen LogP contribution is -2.44. The zero-order valence-electron chi connectivity index (χ0n) is 13.3. The van der Waals surface area contributed by atoms with Gasteiger partial charge in [-0.2, -0.15) is 0 Å². The van der Waals surface area contributed by atoms with Gasteiger partial charge in [-0.15, -0.1) is 0 Å². The normalized spacial score (nSPS) is 23.5. The summed E-state index contributed by atoms with van der Waals surface area (Å²) in [7, 11) is 0. The van der Waals surface area contributed by atoms with Crippen molar-refractivity contribution in [2.75, 3.05) is 6.54 Å². The number of rotatable bonds is 6. The molecule has 2 saturated carbocycles. The van der Waals surface area contributed by atoms with Gasteiger partial charge in [0.05, 0.1) is 11.7 Å². The molecule has 0 heterocycles. The molecule has 21 heavy (non-hydrogen) atoms. The zero-order valence-corrected chi connectivity index (χ0v) is 13.3. The first kappa shape index (κ1) is 15.1. The summed E-state index contributed by atoms with van der Waals surface area (Å²) in [5.41, 5.74) is 1.35. The highest BCUT2D eigenvalue weighted by Gasteiger charge is 2.35. The van der Waals surface area contributed by atoms with Crippen molar-refractivity contribution >= 4 is 0 Å². The van der Waals surface area contributed by atoms with Crippen molar-refractivity contribution in [2.24, 2.45) is 0 Å². The Morgan fingerprint density at radius 1 is 1.10 bits per heavy atom. The van der Waals surface area contributed by atoms with Crippen LogP contribution in [0, 0.1) is 0 Å². The first-order chi connectivity index (χ1) is 10.3. The molecule has 0 aromatic heterocycles. The van der Waals surface area contributed by atoms with Gasteiger partial charge < -0.3 is 10.1 Å². The molecule has 0 amide bonds. The SMILES string of the molecule is CC(OC1(CNC2CC2)CCCCCC1)c1ccccc1. The van der Waals surface area contributed by atoms with Crippen molar-refractivity contribution in [2.45, 2.75) is 76.0 Å². The zero-order chi connectivity index (χ0) is 14.5. The Labute approximate surface area is 129 Å². The highest BCUT2D eigenvalue weighted by Crippen LogP contribution is 2.35. The first-order valence-electron chi connectivity index (χ1n) is 8.74. The molecule has 1 atom stereocenters. The lowest BCUT2D eigenvalue weighted by atomic mass is 9.93. The fourth-order valence-corrected chi connectivity index (χ4v) is 3.49. The van der Waals surface area contributed by atoms with Gasteiger partial charge >= 0.3 is 0 Å². The third-order valence-corrected chi connectivity index (χ3v) is 5.00. The molecule has 0 saturated heterocycles. The highest BCUT2D eigenvalue weighted by molar-refractivity contribution is 5.17. The lowest BCUT2D eigenvalue weighted by molar-refractivity contribution is -0.0967. The second kappa shape index (κ2) is 6.93. The van der Waals surface area contributed by atoms with E-state index >= 15 is 0 Å². The average molecular weight is 287 g/mol. The molecule has 2 aliphatic rings. The van der Waals surface area contributed by atoms with Crippen LogP contribution in [-0.2, 0) is 4.74 Å². The summed E-state index contributed by atoms with van der Waals surface area (Å²) in [6.07, 6.45) is 10.7. The third-order valence-electron chi connectivity index (χ3n) is 5.00. The van der Waals surface area contributed by atoms with Crippen molar-refractivity contribution in [3.05, 3.63) is 35.9 Å². The summed E-state index contributed by atoms with van der Waals surface area (Å²) in [4.78, 5) is 0. The predicted molar refractivity (Wildman–Crippen MR) is 87.4 cm³/mol. The Morgan fingerprint density at radius 3 is 2.38 bits per heavy atom. The number of benzene rings is 1. The molecule has 2 nitrogen and oxygen atoms in total. The molecule has 3 rings (SSSR count). The number of hydrogen-bond donors (Lipinski definition) is 1. The fraction of sp³-hybridized carbons (Fsp3) is 0.684. The van der Waals surface area contributed by atoms with Crippen molar-refractivity contribution < 1.29 is 4.74 Å². The van der Waals surface area contributed by atoms with Crippen LogP contribution in [0.4, 0.5) is 0 Å². The molecule has 1 aromatic rings. The molecule has 2 aliphatic carbocycles. The quantitative estimate of drug-likeness (QED) is 0.771. The van der Waals surface area contributed by atoms with Gasteiger partial charge in [-0.25, -0.2) is 0 Å². The Morgan fingerprint density at radius 2 is 1.76 bits per heavy atom. The molecule has 0 spiro atoms. The highest BCUT2D eigenvalue weighted by atomic mass is 16.5. The van der Waals surface area contributed by atoms with E-state index in [1.807, 2.05) is 0 Å². The van der Waals surface area contributed by atoms with E-state index in [-0.39, 0.29) is 11.7 Å². The van der Waals surface area contributed by atoms with Crippen molar-refractivity contribution in [3.63, 3.8) is 0 Å². The molecule has 2 fully saturated rings. The van der Waals surface area contributed by atoms with Crippen LogP contribution >= 0.6 is 0 Å². The van der Waals surface area contributed by atoms with E-state index in [2.05, 4.69) is 42.6 Å². The number of nitrogens with one attached hydrogen (secondary N) is 1. The summed E-state index contributed by atoms with van der Waals surface area (Å²) in [6, 6.07) is 11.4. The van der Waals surface area contributed by atoms with E-state index in [1.165, 1.54) is 56.9 Å². The van der Waals surface area contributed by atoms with Crippen LogP contribution in [0.3, 0.4) is 0 Å². The van der Waals surface area contributed by atoms with Crippen molar-refractivity contribution in [1.29, 1.82) is 0 Å². The van der Waals surface area contributed by atoms with Crippen LogP contribution in [0.5, 0.6) is 0 Å². The minimum atomic E-state index is 0.0499.